The Labute approximate surface area is 167 Å². The summed E-state index contributed by atoms with van der Waals surface area (Å²) in [6, 6.07) is 0. The molecule has 0 aliphatic carbocycles. The maximum absolute atomic E-state index is 10.1. The van der Waals surface area contributed by atoms with Gasteiger partial charge in [-0.3, -0.25) is 0 Å². The molecule has 0 radical (unpaired) electrons. The number of rotatable bonds is 16. The van der Waals surface area contributed by atoms with E-state index >= 15 is 0 Å². The van der Waals surface area contributed by atoms with Gasteiger partial charge in [0.1, 0.15) is 18.3 Å². The van der Waals surface area contributed by atoms with E-state index in [1.165, 1.54) is 83.5 Å². The minimum absolute atomic E-state index is 0.117. The number of unbranched alkanes of at least 4 members (excludes halogenated alkanes) is 13. The Hall–Kier alpha value is -0.160. The van der Waals surface area contributed by atoms with Gasteiger partial charge < -0.3 is 20.1 Å². The van der Waals surface area contributed by atoms with Crippen LogP contribution in [0.5, 0.6) is 0 Å². The molecule has 5 atom stereocenters. The fraction of sp³-hybridized carbons (Fsp3) is 1.00. The summed E-state index contributed by atoms with van der Waals surface area (Å²) in [6.07, 6.45) is 16.6. The lowest BCUT2D eigenvalue weighted by molar-refractivity contribution is -0.199. The minimum Gasteiger partial charge on any atom is -0.388 e. The Kier molecular flexibility index (Phi) is 14.5. The predicted molar refractivity (Wildman–Crippen MR) is 112 cm³/mol. The maximum Gasteiger partial charge on any atom is 0.111 e. The van der Waals surface area contributed by atoms with Crippen LogP contribution in [0, 0.1) is 5.92 Å². The van der Waals surface area contributed by atoms with Crippen LogP contribution in [0.15, 0.2) is 0 Å². The Morgan fingerprint density at radius 1 is 0.704 bits per heavy atom. The Bertz CT molecular complexity index is 336. The summed E-state index contributed by atoms with van der Waals surface area (Å²) in [5, 5.41) is 29.4. The second kappa shape index (κ2) is 15.7. The van der Waals surface area contributed by atoms with Gasteiger partial charge in [0.25, 0.3) is 0 Å². The van der Waals surface area contributed by atoms with Crippen LogP contribution in [0.1, 0.15) is 110 Å². The second-order valence-electron chi connectivity index (χ2n) is 8.71. The summed E-state index contributed by atoms with van der Waals surface area (Å²) in [6.45, 7) is 4.46. The van der Waals surface area contributed by atoms with E-state index in [2.05, 4.69) is 13.8 Å². The topological polar surface area (TPSA) is 69.9 Å². The molecule has 1 fully saturated rings. The van der Waals surface area contributed by atoms with Crippen LogP contribution in [0.4, 0.5) is 0 Å². The Morgan fingerprint density at radius 2 is 1.15 bits per heavy atom. The lowest BCUT2D eigenvalue weighted by atomic mass is 9.88. The standard InChI is InChI=1S/C23H46O4/c1-3-4-5-6-7-8-9-10-11-12-13-14-15-16-17-19(2)23-22(26)21(25)20(24)18-27-23/h19-26H,3-18H2,1-2H3/t19?,20-,21+,22-,23?/m1/s1. The van der Waals surface area contributed by atoms with Gasteiger partial charge in [-0.05, 0) is 12.3 Å². The summed E-state index contributed by atoms with van der Waals surface area (Å²) >= 11 is 0. The normalized spacial score (nSPS) is 27.0. The van der Waals surface area contributed by atoms with Crippen LogP contribution >= 0.6 is 0 Å². The Morgan fingerprint density at radius 3 is 1.63 bits per heavy atom. The molecule has 1 aliphatic heterocycles. The van der Waals surface area contributed by atoms with E-state index in [-0.39, 0.29) is 18.6 Å². The number of hydrogen-bond acceptors (Lipinski definition) is 4. The minimum atomic E-state index is -1.08. The van der Waals surface area contributed by atoms with Gasteiger partial charge in [0.05, 0.1) is 12.7 Å². The molecular formula is C23H46O4. The first-order valence-corrected chi connectivity index (χ1v) is 11.7. The average molecular weight is 387 g/mol. The van der Waals surface area contributed by atoms with Crippen molar-refractivity contribution in [3.8, 4) is 0 Å². The monoisotopic (exact) mass is 386 g/mol. The predicted octanol–water partition coefficient (Wildman–Crippen LogP) is 4.98. The number of ether oxygens (including phenoxy) is 1. The van der Waals surface area contributed by atoms with Gasteiger partial charge in [0.15, 0.2) is 0 Å². The molecule has 27 heavy (non-hydrogen) atoms. The van der Waals surface area contributed by atoms with Gasteiger partial charge in [-0.15, -0.1) is 0 Å². The number of aliphatic hydroxyl groups excluding tert-OH is 3. The van der Waals surface area contributed by atoms with Crippen LogP contribution in [0.2, 0.25) is 0 Å². The molecule has 0 amide bonds. The molecule has 4 heteroatoms. The summed E-state index contributed by atoms with van der Waals surface area (Å²) in [5.74, 6) is 0.208. The van der Waals surface area contributed by atoms with Gasteiger partial charge in [-0.1, -0.05) is 104 Å². The van der Waals surface area contributed by atoms with Gasteiger partial charge >= 0.3 is 0 Å². The summed E-state index contributed by atoms with van der Waals surface area (Å²) in [4.78, 5) is 0. The van der Waals surface area contributed by atoms with Crippen molar-refractivity contribution in [1.29, 1.82) is 0 Å². The lowest BCUT2D eigenvalue weighted by Crippen LogP contribution is -2.54. The van der Waals surface area contributed by atoms with Crippen LogP contribution < -0.4 is 0 Å². The SMILES string of the molecule is CCCCCCCCCCCCCCCCC(C)C1OC[C@@H](O)[C@H](O)[C@H]1O. The largest absolute Gasteiger partial charge is 0.388 e. The first-order chi connectivity index (χ1) is 13.1. The third-order valence-electron chi connectivity index (χ3n) is 6.11. The van der Waals surface area contributed by atoms with Crippen molar-refractivity contribution in [2.75, 3.05) is 6.61 Å². The average Bonchev–Trinajstić information content (AvgIpc) is 2.66. The van der Waals surface area contributed by atoms with Gasteiger partial charge in [0, 0.05) is 0 Å². The summed E-state index contributed by atoms with van der Waals surface area (Å²) in [5.41, 5.74) is 0. The zero-order valence-electron chi connectivity index (χ0n) is 18.0. The van der Waals surface area contributed by atoms with Crippen LogP contribution in [0.3, 0.4) is 0 Å². The van der Waals surface area contributed by atoms with Crippen LogP contribution in [-0.2, 0) is 4.74 Å². The number of aliphatic hydroxyl groups is 3. The van der Waals surface area contributed by atoms with E-state index in [4.69, 9.17) is 4.74 Å². The molecule has 0 aromatic rings. The fourth-order valence-corrected chi connectivity index (χ4v) is 4.15. The van der Waals surface area contributed by atoms with Gasteiger partial charge in [0.2, 0.25) is 0 Å². The smallest absolute Gasteiger partial charge is 0.111 e. The van der Waals surface area contributed by atoms with E-state index in [1.54, 1.807) is 0 Å². The molecule has 1 aliphatic rings. The lowest BCUT2D eigenvalue weighted by Gasteiger charge is -2.38. The van der Waals surface area contributed by atoms with Crippen LogP contribution in [-0.4, -0.2) is 46.3 Å². The Balaban J connectivity index is 1.88. The third-order valence-corrected chi connectivity index (χ3v) is 6.11. The highest BCUT2D eigenvalue weighted by Crippen LogP contribution is 2.25. The van der Waals surface area contributed by atoms with E-state index in [0.29, 0.717) is 0 Å². The molecule has 1 rings (SSSR count). The van der Waals surface area contributed by atoms with E-state index in [9.17, 15) is 15.3 Å². The second-order valence-corrected chi connectivity index (χ2v) is 8.71. The van der Waals surface area contributed by atoms with Crippen molar-refractivity contribution in [2.24, 2.45) is 5.92 Å². The van der Waals surface area contributed by atoms with E-state index in [1.807, 2.05) is 0 Å². The molecule has 0 aromatic carbocycles. The summed E-state index contributed by atoms with van der Waals surface area (Å²) in [7, 11) is 0. The molecule has 0 bridgehead atoms. The molecule has 0 aromatic heterocycles. The zero-order chi connectivity index (χ0) is 19.9. The highest BCUT2D eigenvalue weighted by atomic mass is 16.5. The zero-order valence-corrected chi connectivity index (χ0v) is 18.0. The summed E-state index contributed by atoms with van der Waals surface area (Å²) < 4.78 is 5.54. The molecule has 162 valence electrons. The van der Waals surface area contributed by atoms with Crippen molar-refractivity contribution in [1.82, 2.24) is 0 Å². The fourth-order valence-electron chi connectivity index (χ4n) is 4.15. The third kappa shape index (κ3) is 10.8. The molecule has 4 nitrogen and oxygen atoms in total. The quantitative estimate of drug-likeness (QED) is 0.327. The molecule has 3 N–H and O–H groups in total. The van der Waals surface area contributed by atoms with Gasteiger partial charge in [-0.2, -0.15) is 0 Å². The maximum atomic E-state index is 10.1. The molecule has 1 saturated heterocycles. The van der Waals surface area contributed by atoms with E-state index in [0.717, 1.165) is 12.8 Å². The van der Waals surface area contributed by atoms with Crippen molar-refractivity contribution < 1.29 is 20.1 Å². The highest BCUT2D eigenvalue weighted by Gasteiger charge is 2.39. The first-order valence-electron chi connectivity index (χ1n) is 11.7. The molecule has 0 saturated carbocycles. The van der Waals surface area contributed by atoms with Crippen LogP contribution in [0.25, 0.3) is 0 Å². The van der Waals surface area contributed by atoms with Gasteiger partial charge in [-0.25, -0.2) is 0 Å². The van der Waals surface area contributed by atoms with Crippen molar-refractivity contribution in [2.45, 2.75) is 135 Å². The first kappa shape index (κ1) is 24.9. The highest BCUT2D eigenvalue weighted by molar-refractivity contribution is 4.88. The molecule has 1 heterocycles. The number of hydrogen-bond donors (Lipinski definition) is 3. The molecular weight excluding hydrogens is 340 g/mol. The van der Waals surface area contributed by atoms with Crippen molar-refractivity contribution >= 4 is 0 Å². The van der Waals surface area contributed by atoms with E-state index < -0.39 is 18.3 Å². The molecule has 0 spiro atoms. The van der Waals surface area contributed by atoms with Crippen molar-refractivity contribution in [3.05, 3.63) is 0 Å². The van der Waals surface area contributed by atoms with Crippen molar-refractivity contribution in [3.63, 3.8) is 0 Å². The molecule has 2 unspecified atom stereocenters.